The molecule has 100 valence electrons. The first-order valence-corrected chi connectivity index (χ1v) is 5.69. The van der Waals surface area contributed by atoms with Crippen molar-refractivity contribution in [3.63, 3.8) is 0 Å². The van der Waals surface area contributed by atoms with E-state index in [1.807, 2.05) is 6.07 Å². The molecule has 0 fully saturated rings. The smallest absolute Gasteiger partial charge is 0.170 e. The number of nitrogens with two attached hydrogens (primary N) is 1. The van der Waals surface area contributed by atoms with Crippen molar-refractivity contribution < 1.29 is 14.0 Å². The van der Waals surface area contributed by atoms with Crippen LogP contribution in [-0.2, 0) is 13.1 Å². The lowest BCUT2D eigenvalue weighted by Crippen LogP contribution is -2.20. The topological polar surface area (TPSA) is 83.8 Å². The molecule has 0 unspecified atom stereocenters. The monoisotopic (exact) mass is 263 g/mol. The summed E-state index contributed by atoms with van der Waals surface area (Å²) in [4.78, 5) is 0. The summed E-state index contributed by atoms with van der Waals surface area (Å²) in [6, 6.07) is 6.03. The van der Waals surface area contributed by atoms with Gasteiger partial charge in [-0.05, 0) is 23.8 Å². The number of hydrogen-bond acceptors (Lipinski definition) is 4. The van der Waals surface area contributed by atoms with Gasteiger partial charge in [0.05, 0.1) is 12.5 Å². The number of nitrogens with zero attached hydrogens (tertiary/aromatic N) is 1. The Morgan fingerprint density at radius 2 is 2.21 bits per heavy atom. The number of benzene rings is 1. The van der Waals surface area contributed by atoms with Gasteiger partial charge in [0, 0.05) is 24.2 Å². The third-order valence-corrected chi connectivity index (χ3v) is 2.68. The predicted molar refractivity (Wildman–Crippen MR) is 68.2 cm³/mol. The number of halogens is 1. The number of rotatable bonds is 5. The van der Waals surface area contributed by atoms with Gasteiger partial charge >= 0.3 is 0 Å². The van der Waals surface area contributed by atoms with Crippen LogP contribution in [0, 0.1) is 5.82 Å². The molecule has 1 heterocycles. The van der Waals surface area contributed by atoms with Gasteiger partial charge in [-0.3, -0.25) is 0 Å². The van der Waals surface area contributed by atoms with Crippen LogP contribution in [0.1, 0.15) is 16.7 Å². The van der Waals surface area contributed by atoms with Gasteiger partial charge < -0.3 is 20.7 Å². The van der Waals surface area contributed by atoms with Gasteiger partial charge in [0.15, 0.2) is 5.84 Å². The van der Waals surface area contributed by atoms with E-state index in [4.69, 9.17) is 15.4 Å². The molecule has 2 aromatic rings. The maximum atomic E-state index is 13.2. The standard InChI is InChI=1S/C13H14FN3O2/c14-11-2-1-10(12(5-11)13(15)17-18)7-16-6-9-3-4-19-8-9/h1-5,8,16,18H,6-7H2,(H2,15,17). The Balaban J connectivity index is 2.07. The highest BCUT2D eigenvalue weighted by atomic mass is 19.1. The first kappa shape index (κ1) is 13.1. The minimum Gasteiger partial charge on any atom is -0.472 e. The molecule has 0 aliphatic heterocycles. The third-order valence-electron chi connectivity index (χ3n) is 2.68. The quantitative estimate of drug-likeness (QED) is 0.332. The van der Waals surface area contributed by atoms with Crippen LogP contribution in [0.4, 0.5) is 4.39 Å². The summed E-state index contributed by atoms with van der Waals surface area (Å²) < 4.78 is 18.1. The molecule has 2 rings (SSSR count). The van der Waals surface area contributed by atoms with Gasteiger partial charge in [-0.25, -0.2) is 4.39 Å². The number of amidine groups is 1. The first-order valence-electron chi connectivity index (χ1n) is 5.69. The average molecular weight is 263 g/mol. The Hall–Kier alpha value is -2.34. The molecule has 19 heavy (non-hydrogen) atoms. The van der Waals surface area contributed by atoms with E-state index in [0.29, 0.717) is 18.7 Å². The van der Waals surface area contributed by atoms with Crippen LogP contribution >= 0.6 is 0 Å². The van der Waals surface area contributed by atoms with Crippen molar-refractivity contribution in [1.29, 1.82) is 0 Å². The number of oxime groups is 1. The van der Waals surface area contributed by atoms with Crippen LogP contribution in [0.15, 0.2) is 46.4 Å². The molecule has 5 nitrogen and oxygen atoms in total. The Bertz CT molecular complexity index is 567. The fourth-order valence-electron chi connectivity index (χ4n) is 1.73. The van der Waals surface area contributed by atoms with Gasteiger partial charge in [0.1, 0.15) is 5.82 Å². The zero-order chi connectivity index (χ0) is 13.7. The molecule has 4 N–H and O–H groups in total. The SMILES string of the molecule is N/C(=N/O)c1cc(F)ccc1CNCc1ccoc1. The molecule has 0 radical (unpaired) electrons. The molecule has 0 spiro atoms. The lowest BCUT2D eigenvalue weighted by atomic mass is 10.1. The molecule has 1 aromatic carbocycles. The summed E-state index contributed by atoms with van der Waals surface area (Å²) in [5.74, 6) is -0.542. The average Bonchev–Trinajstić information content (AvgIpc) is 2.92. The largest absolute Gasteiger partial charge is 0.472 e. The number of hydrogen-bond donors (Lipinski definition) is 3. The molecule has 0 saturated carbocycles. The highest BCUT2D eigenvalue weighted by Gasteiger charge is 2.08. The molecule has 0 bridgehead atoms. The first-order chi connectivity index (χ1) is 9.20. The molecule has 0 aliphatic carbocycles. The Morgan fingerprint density at radius 1 is 1.37 bits per heavy atom. The minimum absolute atomic E-state index is 0.111. The molecule has 0 amide bonds. The van der Waals surface area contributed by atoms with Crippen molar-refractivity contribution >= 4 is 5.84 Å². The molecule has 1 aromatic heterocycles. The summed E-state index contributed by atoms with van der Waals surface area (Å²) in [7, 11) is 0. The fourth-order valence-corrected chi connectivity index (χ4v) is 1.73. The van der Waals surface area contributed by atoms with E-state index < -0.39 is 5.82 Å². The summed E-state index contributed by atoms with van der Waals surface area (Å²) in [5, 5.41) is 14.8. The second kappa shape index (κ2) is 6.01. The van der Waals surface area contributed by atoms with E-state index in [-0.39, 0.29) is 5.84 Å². The van der Waals surface area contributed by atoms with E-state index in [1.165, 1.54) is 12.1 Å². The third kappa shape index (κ3) is 3.32. The molecule has 6 heteroatoms. The summed E-state index contributed by atoms with van der Waals surface area (Å²) in [6.07, 6.45) is 3.23. The van der Waals surface area contributed by atoms with E-state index in [0.717, 1.165) is 11.1 Å². The maximum absolute atomic E-state index is 13.2. The van der Waals surface area contributed by atoms with Crippen molar-refractivity contribution in [2.24, 2.45) is 10.9 Å². The van der Waals surface area contributed by atoms with Crippen LogP contribution in [0.5, 0.6) is 0 Å². The molecule has 0 atom stereocenters. The minimum atomic E-state index is -0.430. The van der Waals surface area contributed by atoms with Crippen molar-refractivity contribution in [3.8, 4) is 0 Å². The van der Waals surface area contributed by atoms with Crippen LogP contribution in [0.3, 0.4) is 0 Å². The molecule has 0 saturated heterocycles. The van der Waals surface area contributed by atoms with Crippen LogP contribution in [0.2, 0.25) is 0 Å². The van der Waals surface area contributed by atoms with E-state index >= 15 is 0 Å². The lowest BCUT2D eigenvalue weighted by Gasteiger charge is -2.09. The van der Waals surface area contributed by atoms with E-state index in [2.05, 4.69) is 10.5 Å². The van der Waals surface area contributed by atoms with Crippen molar-refractivity contribution in [1.82, 2.24) is 5.32 Å². The normalized spacial score (nSPS) is 11.7. The number of furan rings is 1. The second-order valence-electron chi connectivity index (χ2n) is 4.02. The maximum Gasteiger partial charge on any atom is 0.170 e. The predicted octanol–water partition coefficient (Wildman–Crippen LogP) is 1.80. The van der Waals surface area contributed by atoms with E-state index in [1.54, 1.807) is 18.6 Å². The van der Waals surface area contributed by atoms with Crippen molar-refractivity contribution in [2.75, 3.05) is 0 Å². The van der Waals surface area contributed by atoms with Gasteiger partial charge in [-0.2, -0.15) is 0 Å². The van der Waals surface area contributed by atoms with Crippen molar-refractivity contribution in [2.45, 2.75) is 13.1 Å². The summed E-state index contributed by atoms with van der Waals surface area (Å²) in [5.41, 5.74) is 7.65. The van der Waals surface area contributed by atoms with Crippen LogP contribution in [-0.4, -0.2) is 11.0 Å². The highest BCUT2D eigenvalue weighted by molar-refractivity contribution is 5.98. The summed E-state index contributed by atoms with van der Waals surface area (Å²) in [6.45, 7) is 1.08. The highest BCUT2D eigenvalue weighted by Crippen LogP contribution is 2.11. The zero-order valence-corrected chi connectivity index (χ0v) is 10.1. The van der Waals surface area contributed by atoms with Crippen LogP contribution < -0.4 is 11.1 Å². The molecule has 0 aliphatic rings. The van der Waals surface area contributed by atoms with Gasteiger partial charge in [0.25, 0.3) is 0 Å². The number of nitrogens with one attached hydrogen (secondary N) is 1. The van der Waals surface area contributed by atoms with Crippen LogP contribution in [0.25, 0.3) is 0 Å². The zero-order valence-electron chi connectivity index (χ0n) is 10.1. The Kier molecular flexibility index (Phi) is 4.15. The van der Waals surface area contributed by atoms with Gasteiger partial charge in [-0.1, -0.05) is 11.2 Å². The van der Waals surface area contributed by atoms with Gasteiger partial charge in [0.2, 0.25) is 0 Å². The van der Waals surface area contributed by atoms with Gasteiger partial charge in [-0.15, -0.1) is 0 Å². The Morgan fingerprint density at radius 3 is 2.89 bits per heavy atom. The second-order valence-corrected chi connectivity index (χ2v) is 4.02. The fraction of sp³-hybridized carbons (Fsp3) is 0.154. The summed E-state index contributed by atoms with van der Waals surface area (Å²) >= 11 is 0. The molecular formula is C13H14FN3O2. The van der Waals surface area contributed by atoms with Crippen molar-refractivity contribution in [3.05, 3.63) is 59.3 Å². The molecular weight excluding hydrogens is 249 g/mol. The van der Waals surface area contributed by atoms with E-state index in [9.17, 15) is 4.39 Å². The lowest BCUT2D eigenvalue weighted by molar-refractivity contribution is 0.318. The Labute approximate surface area is 109 Å².